The molecule has 2 aliphatic heterocycles. The maximum atomic E-state index is 13.0. The van der Waals surface area contributed by atoms with Crippen LogP contribution in [0.4, 0.5) is 5.69 Å². The molecule has 1 aromatic carbocycles. The number of hydrogen-bond acceptors (Lipinski definition) is 3. The molecule has 0 atom stereocenters. The van der Waals surface area contributed by atoms with Crippen LogP contribution in [0.5, 0.6) is 0 Å². The van der Waals surface area contributed by atoms with Crippen molar-refractivity contribution in [1.82, 2.24) is 9.80 Å². The normalized spacial score (nSPS) is 18.2. The number of nitrogens with zero attached hydrogens (tertiary/aromatic N) is 3. The predicted octanol–water partition coefficient (Wildman–Crippen LogP) is 3.14. The number of hydrogen-bond donors (Lipinski definition) is 0. The molecule has 5 heteroatoms. The minimum atomic E-state index is 0.0296. The molecule has 2 heterocycles. The molecule has 2 amide bonds. The lowest BCUT2D eigenvalue weighted by Gasteiger charge is -2.34. The second-order valence-corrected chi connectivity index (χ2v) is 8.27. The van der Waals surface area contributed by atoms with E-state index in [2.05, 4.69) is 29.2 Å². The highest BCUT2D eigenvalue weighted by molar-refractivity contribution is 5.81. The number of likely N-dealkylation sites (tertiary alicyclic amines) is 1. The molecule has 0 N–H and O–H groups in total. The summed E-state index contributed by atoms with van der Waals surface area (Å²) in [6.07, 6.45) is 4.04. The van der Waals surface area contributed by atoms with Gasteiger partial charge < -0.3 is 14.7 Å². The number of benzene rings is 1. The van der Waals surface area contributed by atoms with Crippen LogP contribution >= 0.6 is 0 Å². The zero-order valence-corrected chi connectivity index (χ0v) is 17.0. The van der Waals surface area contributed by atoms with Crippen LogP contribution < -0.4 is 4.90 Å². The summed E-state index contributed by atoms with van der Waals surface area (Å²) >= 11 is 0. The number of carbonyl (C=O) groups is 2. The van der Waals surface area contributed by atoms with Gasteiger partial charge in [-0.25, -0.2) is 0 Å². The molecular weight excluding hydrogens is 338 g/mol. The van der Waals surface area contributed by atoms with Gasteiger partial charge in [0.05, 0.1) is 0 Å². The standard InChI is InChI=1S/C22H33N3O2/c1-17(2)21(26)25-14-10-18(11-15-25)22(27)23(3)16-19-8-4-5-9-20(19)24-12-6-7-13-24/h4-5,8-9,17-18H,6-7,10-16H2,1-3H3. The monoisotopic (exact) mass is 371 g/mol. The highest BCUT2D eigenvalue weighted by Gasteiger charge is 2.30. The van der Waals surface area contributed by atoms with Crippen molar-refractivity contribution in [3.05, 3.63) is 29.8 Å². The van der Waals surface area contributed by atoms with Gasteiger partial charge in [-0.2, -0.15) is 0 Å². The van der Waals surface area contributed by atoms with Crippen LogP contribution in [0.15, 0.2) is 24.3 Å². The van der Waals surface area contributed by atoms with Crippen LogP contribution in [-0.2, 0) is 16.1 Å². The van der Waals surface area contributed by atoms with E-state index in [0.717, 1.165) is 25.9 Å². The molecule has 1 aromatic rings. The van der Waals surface area contributed by atoms with Crippen LogP contribution in [0.2, 0.25) is 0 Å². The molecule has 148 valence electrons. The van der Waals surface area contributed by atoms with Crippen LogP contribution in [-0.4, -0.2) is 54.8 Å². The number of para-hydroxylation sites is 1. The van der Waals surface area contributed by atoms with E-state index in [1.807, 2.05) is 30.7 Å². The molecule has 0 radical (unpaired) electrons. The third-order valence-corrected chi connectivity index (χ3v) is 5.87. The van der Waals surface area contributed by atoms with Crippen molar-refractivity contribution >= 4 is 17.5 Å². The Bertz CT molecular complexity index is 659. The zero-order valence-electron chi connectivity index (χ0n) is 17.0. The Morgan fingerprint density at radius 3 is 2.33 bits per heavy atom. The lowest BCUT2D eigenvalue weighted by molar-refractivity contribution is -0.141. The number of carbonyl (C=O) groups excluding carboxylic acids is 2. The van der Waals surface area contributed by atoms with E-state index in [9.17, 15) is 9.59 Å². The fourth-order valence-corrected chi connectivity index (χ4v) is 4.27. The molecule has 0 unspecified atom stereocenters. The molecule has 0 bridgehead atoms. The summed E-state index contributed by atoms with van der Waals surface area (Å²) in [4.78, 5) is 31.3. The molecule has 3 rings (SSSR count). The van der Waals surface area contributed by atoms with Crippen molar-refractivity contribution in [2.45, 2.75) is 46.1 Å². The highest BCUT2D eigenvalue weighted by Crippen LogP contribution is 2.27. The summed E-state index contributed by atoms with van der Waals surface area (Å²) in [5.41, 5.74) is 2.50. The first kappa shape index (κ1) is 19.7. The van der Waals surface area contributed by atoms with Gasteiger partial charge in [-0.3, -0.25) is 9.59 Å². The van der Waals surface area contributed by atoms with Gasteiger partial charge in [0.2, 0.25) is 11.8 Å². The molecule has 5 nitrogen and oxygen atoms in total. The SMILES string of the molecule is CC(C)C(=O)N1CCC(C(=O)N(C)Cc2ccccc2N2CCCC2)CC1. The van der Waals surface area contributed by atoms with Crippen LogP contribution in [0.25, 0.3) is 0 Å². The van der Waals surface area contributed by atoms with Crippen LogP contribution in [0.3, 0.4) is 0 Å². The lowest BCUT2D eigenvalue weighted by atomic mass is 9.94. The Balaban J connectivity index is 1.58. The third-order valence-electron chi connectivity index (χ3n) is 5.87. The van der Waals surface area contributed by atoms with Crippen molar-refractivity contribution in [3.8, 4) is 0 Å². The summed E-state index contributed by atoms with van der Waals surface area (Å²) < 4.78 is 0. The quantitative estimate of drug-likeness (QED) is 0.799. The first-order chi connectivity index (χ1) is 13.0. The molecule has 2 fully saturated rings. The number of rotatable bonds is 5. The number of anilines is 1. The summed E-state index contributed by atoms with van der Waals surface area (Å²) in [6, 6.07) is 8.46. The number of amides is 2. The van der Waals surface area contributed by atoms with Gasteiger partial charge in [0.25, 0.3) is 0 Å². The Morgan fingerprint density at radius 2 is 1.70 bits per heavy atom. The lowest BCUT2D eigenvalue weighted by Crippen LogP contribution is -2.44. The first-order valence-corrected chi connectivity index (χ1v) is 10.3. The Labute approximate surface area is 163 Å². The van der Waals surface area contributed by atoms with Gasteiger partial charge in [-0.1, -0.05) is 32.0 Å². The van der Waals surface area contributed by atoms with E-state index >= 15 is 0 Å². The average Bonchev–Trinajstić information content (AvgIpc) is 3.22. The average molecular weight is 372 g/mol. The Hall–Kier alpha value is -2.04. The topological polar surface area (TPSA) is 43.9 Å². The Morgan fingerprint density at radius 1 is 1.07 bits per heavy atom. The summed E-state index contributed by atoms with van der Waals surface area (Å²) in [6.45, 7) is 8.14. The van der Waals surface area contributed by atoms with E-state index in [-0.39, 0.29) is 23.7 Å². The maximum Gasteiger partial charge on any atom is 0.225 e. The highest BCUT2D eigenvalue weighted by atomic mass is 16.2. The molecule has 0 aliphatic carbocycles. The number of piperidine rings is 1. The molecule has 0 saturated carbocycles. The van der Waals surface area contributed by atoms with E-state index in [0.29, 0.717) is 19.6 Å². The van der Waals surface area contributed by atoms with E-state index in [1.165, 1.54) is 24.1 Å². The van der Waals surface area contributed by atoms with E-state index < -0.39 is 0 Å². The van der Waals surface area contributed by atoms with Crippen molar-refractivity contribution in [3.63, 3.8) is 0 Å². The van der Waals surface area contributed by atoms with Gasteiger partial charge >= 0.3 is 0 Å². The van der Waals surface area contributed by atoms with Gasteiger partial charge in [0.15, 0.2) is 0 Å². The fourth-order valence-electron chi connectivity index (χ4n) is 4.27. The molecule has 0 spiro atoms. The second-order valence-electron chi connectivity index (χ2n) is 8.27. The molecule has 27 heavy (non-hydrogen) atoms. The van der Waals surface area contributed by atoms with Gasteiger partial charge in [0, 0.05) is 57.3 Å². The van der Waals surface area contributed by atoms with Crippen molar-refractivity contribution < 1.29 is 9.59 Å². The minimum Gasteiger partial charge on any atom is -0.371 e. The summed E-state index contributed by atoms with van der Waals surface area (Å²) in [5, 5.41) is 0. The maximum absolute atomic E-state index is 13.0. The van der Waals surface area contributed by atoms with E-state index in [1.54, 1.807) is 0 Å². The third kappa shape index (κ3) is 4.63. The summed E-state index contributed by atoms with van der Waals surface area (Å²) in [7, 11) is 1.91. The minimum absolute atomic E-state index is 0.0296. The molecule has 2 saturated heterocycles. The smallest absolute Gasteiger partial charge is 0.225 e. The first-order valence-electron chi connectivity index (χ1n) is 10.3. The van der Waals surface area contributed by atoms with Crippen LogP contribution in [0, 0.1) is 11.8 Å². The van der Waals surface area contributed by atoms with Gasteiger partial charge in [0.1, 0.15) is 0 Å². The molecule has 0 aromatic heterocycles. The Kier molecular flexibility index (Phi) is 6.40. The van der Waals surface area contributed by atoms with Crippen molar-refractivity contribution in [2.75, 3.05) is 38.1 Å². The van der Waals surface area contributed by atoms with Crippen molar-refractivity contribution in [1.29, 1.82) is 0 Å². The second kappa shape index (κ2) is 8.77. The van der Waals surface area contributed by atoms with Crippen LogP contribution in [0.1, 0.15) is 45.1 Å². The fraction of sp³-hybridized carbons (Fsp3) is 0.636. The predicted molar refractivity (Wildman–Crippen MR) is 109 cm³/mol. The summed E-state index contributed by atoms with van der Waals surface area (Å²) in [5.74, 6) is 0.476. The van der Waals surface area contributed by atoms with Gasteiger partial charge in [-0.05, 0) is 37.3 Å². The molecular formula is C22H33N3O2. The van der Waals surface area contributed by atoms with Crippen molar-refractivity contribution in [2.24, 2.45) is 11.8 Å². The zero-order chi connectivity index (χ0) is 19.4. The van der Waals surface area contributed by atoms with Gasteiger partial charge in [-0.15, -0.1) is 0 Å². The molecule has 2 aliphatic rings. The van der Waals surface area contributed by atoms with E-state index in [4.69, 9.17) is 0 Å². The largest absolute Gasteiger partial charge is 0.371 e.